The third kappa shape index (κ3) is 2.77. The van der Waals surface area contributed by atoms with Crippen LogP contribution in [0, 0.1) is 0 Å². The molecule has 0 atom stereocenters. The van der Waals surface area contributed by atoms with E-state index in [0.717, 1.165) is 30.0 Å². The predicted molar refractivity (Wildman–Crippen MR) is 70.8 cm³/mol. The summed E-state index contributed by atoms with van der Waals surface area (Å²) in [5, 5.41) is 0. The molecule has 1 N–H and O–H groups in total. The second-order valence-electron chi connectivity index (χ2n) is 4.06. The van der Waals surface area contributed by atoms with Crippen LogP contribution in [0.25, 0.3) is 11.3 Å². The van der Waals surface area contributed by atoms with Gasteiger partial charge in [0.2, 0.25) is 0 Å². The first-order valence-corrected chi connectivity index (χ1v) is 5.97. The Morgan fingerprint density at radius 3 is 2.61 bits per heavy atom. The van der Waals surface area contributed by atoms with E-state index in [0.29, 0.717) is 5.69 Å². The zero-order chi connectivity index (χ0) is 13.0. The molecule has 1 aromatic heterocycles. The lowest BCUT2D eigenvalue weighted by atomic mass is 10.1. The molecule has 2 aromatic rings. The fourth-order valence-corrected chi connectivity index (χ4v) is 1.77. The third-order valence-corrected chi connectivity index (χ3v) is 2.66. The standard InChI is InChI=1S/C14H16N2O2/c1-3-4-13-15-12(9-14(17)16-13)10-5-7-11(18-2)8-6-10/h5-9H,3-4H2,1-2H3,(H,15,16,17). The van der Waals surface area contributed by atoms with Crippen molar-refractivity contribution < 1.29 is 4.74 Å². The van der Waals surface area contributed by atoms with E-state index in [1.807, 2.05) is 24.3 Å². The summed E-state index contributed by atoms with van der Waals surface area (Å²) >= 11 is 0. The third-order valence-electron chi connectivity index (χ3n) is 2.66. The largest absolute Gasteiger partial charge is 0.497 e. The number of ether oxygens (including phenoxy) is 1. The lowest BCUT2D eigenvalue weighted by Gasteiger charge is -2.05. The maximum atomic E-state index is 11.6. The maximum Gasteiger partial charge on any atom is 0.251 e. The van der Waals surface area contributed by atoms with Gasteiger partial charge < -0.3 is 9.72 Å². The quantitative estimate of drug-likeness (QED) is 0.898. The van der Waals surface area contributed by atoms with Gasteiger partial charge in [0, 0.05) is 18.1 Å². The Bertz CT molecular complexity index is 573. The van der Waals surface area contributed by atoms with E-state index in [4.69, 9.17) is 4.74 Å². The van der Waals surface area contributed by atoms with Gasteiger partial charge in [0.25, 0.3) is 5.56 Å². The van der Waals surface area contributed by atoms with E-state index in [2.05, 4.69) is 16.9 Å². The number of H-pyrrole nitrogens is 1. The van der Waals surface area contributed by atoms with Gasteiger partial charge in [-0.15, -0.1) is 0 Å². The van der Waals surface area contributed by atoms with Crippen LogP contribution >= 0.6 is 0 Å². The molecule has 0 aliphatic rings. The molecule has 0 saturated heterocycles. The Balaban J connectivity index is 2.39. The van der Waals surface area contributed by atoms with Crippen molar-refractivity contribution in [3.05, 3.63) is 46.5 Å². The molecule has 0 aliphatic heterocycles. The molecule has 0 amide bonds. The molecule has 4 heteroatoms. The van der Waals surface area contributed by atoms with Gasteiger partial charge in [0.05, 0.1) is 12.8 Å². The molecule has 0 aliphatic carbocycles. The highest BCUT2D eigenvalue weighted by Gasteiger charge is 2.04. The Labute approximate surface area is 106 Å². The smallest absolute Gasteiger partial charge is 0.251 e. The van der Waals surface area contributed by atoms with Crippen molar-refractivity contribution in [2.24, 2.45) is 0 Å². The molecule has 18 heavy (non-hydrogen) atoms. The minimum absolute atomic E-state index is 0.112. The molecule has 1 heterocycles. The van der Waals surface area contributed by atoms with Crippen LogP contribution < -0.4 is 10.3 Å². The summed E-state index contributed by atoms with van der Waals surface area (Å²) in [5.74, 6) is 1.52. The van der Waals surface area contributed by atoms with Crippen LogP contribution in [0.4, 0.5) is 0 Å². The molecule has 0 saturated carbocycles. The first-order chi connectivity index (χ1) is 8.72. The maximum absolute atomic E-state index is 11.6. The lowest BCUT2D eigenvalue weighted by molar-refractivity contribution is 0.415. The topological polar surface area (TPSA) is 55.0 Å². The van der Waals surface area contributed by atoms with Crippen LogP contribution in [0.15, 0.2) is 35.1 Å². The van der Waals surface area contributed by atoms with Crippen molar-refractivity contribution in [2.75, 3.05) is 7.11 Å². The fraction of sp³-hybridized carbons (Fsp3) is 0.286. The fourth-order valence-electron chi connectivity index (χ4n) is 1.77. The van der Waals surface area contributed by atoms with Gasteiger partial charge in [-0.3, -0.25) is 4.79 Å². The first-order valence-electron chi connectivity index (χ1n) is 5.97. The number of aromatic nitrogens is 2. The predicted octanol–water partition coefficient (Wildman–Crippen LogP) is 2.40. The van der Waals surface area contributed by atoms with Gasteiger partial charge >= 0.3 is 0 Å². The van der Waals surface area contributed by atoms with Crippen molar-refractivity contribution in [1.82, 2.24) is 9.97 Å². The number of nitrogens with zero attached hydrogens (tertiary/aromatic N) is 1. The number of benzene rings is 1. The summed E-state index contributed by atoms with van der Waals surface area (Å²) in [7, 11) is 1.62. The van der Waals surface area contributed by atoms with E-state index < -0.39 is 0 Å². The number of nitrogens with one attached hydrogen (secondary N) is 1. The summed E-state index contributed by atoms with van der Waals surface area (Å²) in [6.45, 7) is 2.06. The van der Waals surface area contributed by atoms with Gasteiger partial charge in [-0.2, -0.15) is 0 Å². The molecular weight excluding hydrogens is 228 g/mol. The Morgan fingerprint density at radius 2 is 2.00 bits per heavy atom. The number of aryl methyl sites for hydroxylation is 1. The zero-order valence-electron chi connectivity index (χ0n) is 10.6. The van der Waals surface area contributed by atoms with Gasteiger partial charge in [-0.05, 0) is 30.7 Å². The molecule has 0 bridgehead atoms. The van der Waals surface area contributed by atoms with Crippen molar-refractivity contribution in [3.63, 3.8) is 0 Å². The Kier molecular flexibility index (Phi) is 3.77. The summed E-state index contributed by atoms with van der Waals surface area (Å²) < 4.78 is 5.10. The number of methoxy groups -OCH3 is 1. The van der Waals surface area contributed by atoms with E-state index in [1.54, 1.807) is 7.11 Å². The average molecular weight is 244 g/mol. The highest BCUT2D eigenvalue weighted by atomic mass is 16.5. The number of hydrogen-bond acceptors (Lipinski definition) is 3. The van der Waals surface area contributed by atoms with Gasteiger partial charge in [-0.1, -0.05) is 6.92 Å². The molecule has 0 fully saturated rings. The second kappa shape index (κ2) is 5.49. The summed E-state index contributed by atoms with van der Waals surface area (Å²) in [6, 6.07) is 9.03. The van der Waals surface area contributed by atoms with E-state index in [-0.39, 0.29) is 5.56 Å². The van der Waals surface area contributed by atoms with E-state index in [1.165, 1.54) is 6.07 Å². The SMILES string of the molecule is CCCc1nc(-c2ccc(OC)cc2)cc(=O)[nH]1. The van der Waals surface area contributed by atoms with Crippen LogP contribution in [-0.2, 0) is 6.42 Å². The molecule has 4 nitrogen and oxygen atoms in total. The number of aromatic amines is 1. The lowest BCUT2D eigenvalue weighted by Crippen LogP contribution is -2.10. The Morgan fingerprint density at radius 1 is 1.28 bits per heavy atom. The van der Waals surface area contributed by atoms with Crippen molar-refractivity contribution in [1.29, 1.82) is 0 Å². The number of rotatable bonds is 4. The average Bonchev–Trinajstić information content (AvgIpc) is 2.38. The van der Waals surface area contributed by atoms with Crippen molar-refractivity contribution in [3.8, 4) is 17.0 Å². The summed E-state index contributed by atoms with van der Waals surface area (Å²) in [6.07, 6.45) is 1.73. The highest BCUT2D eigenvalue weighted by molar-refractivity contribution is 5.59. The van der Waals surface area contributed by atoms with Crippen LogP contribution in [0.5, 0.6) is 5.75 Å². The van der Waals surface area contributed by atoms with Crippen LogP contribution in [-0.4, -0.2) is 17.1 Å². The number of hydrogen-bond donors (Lipinski definition) is 1. The van der Waals surface area contributed by atoms with Crippen LogP contribution in [0.1, 0.15) is 19.2 Å². The molecule has 1 aromatic carbocycles. The molecule has 0 spiro atoms. The summed E-state index contributed by atoms with van der Waals surface area (Å²) in [4.78, 5) is 18.8. The van der Waals surface area contributed by atoms with Crippen LogP contribution in [0.2, 0.25) is 0 Å². The molecular formula is C14H16N2O2. The van der Waals surface area contributed by atoms with Crippen molar-refractivity contribution in [2.45, 2.75) is 19.8 Å². The minimum atomic E-state index is -0.112. The molecule has 94 valence electrons. The van der Waals surface area contributed by atoms with E-state index >= 15 is 0 Å². The minimum Gasteiger partial charge on any atom is -0.497 e. The monoisotopic (exact) mass is 244 g/mol. The van der Waals surface area contributed by atoms with Crippen molar-refractivity contribution >= 4 is 0 Å². The van der Waals surface area contributed by atoms with Gasteiger partial charge in [0.1, 0.15) is 11.6 Å². The zero-order valence-corrected chi connectivity index (χ0v) is 10.6. The molecule has 0 radical (unpaired) electrons. The summed E-state index contributed by atoms with van der Waals surface area (Å²) in [5.41, 5.74) is 1.50. The Hall–Kier alpha value is -2.10. The highest BCUT2D eigenvalue weighted by Crippen LogP contribution is 2.19. The first kappa shape index (κ1) is 12.4. The molecule has 2 rings (SSSR count). The van der Waals surface area contributed by atoms with Crippen LogP contribution in [0.3, 0.4) is 0 Å². The second-order valence-corrected chi connectivity index (χ2v) is 4.06. The molecule has 0 unspecified atom stereocenters. The van der Waals surface area contributed by atoms with Gasteiger partial charge in [-0.25, -0.2) is 4.98 Å². The van der Waals surface area contributed by atoms with Gasteiger partial charge in [0.15, 0.2) is 0 Å². The normalized spacial score (nSPS) is 10.3. The van der Waals surface area contributed by atoms with E-state index in [9.17, 15) is 4.79 Å².